The van der Waals surface area contributed by atoms with Crippen LogP contribution in [-0.2, 0) is 11.3 Å². The van der Waals surface area contributed by atoms with E-state index < -0.39 is 5.97 Å². The van der Waals surface area contributed by atoms with Crippen LogP contribution in [0.25, 0.3) is 16.3 Å². The van der Waals surface area contributed by atoms with Gasteiger partial charge in [0.15, 0.2) is 11.7 Å². The standard InChI is InChI=1S/C27H26N6O3S/c1-17-7-8-19(18(2)13-17)21-14-27(36-22-6-4-3-5-20(21)22)9-11-32(12-10-27)26-28-15-23(37-26)25-29-31-33(30-25)16-24(34)35/h3-8,13-15H,9-12,16H2,1-2H3,(H,34,35). The highest BCUT2D eigenvalue weighted by molar-refractivity contribution is 7.18. The van der Waals surface area contributed by atoms with Crippen LogP contribution in [0.15, 0.2) is 54.7 Å². The summed E-state index contributed by atoms with van der Waals surface area (Å²) in [6, 6.07) is 14.9. The molecule has 1 saturated heterocycles. The maximum atomic E-state index is 10.9. The number of carboxylic acid groups (broad SMARTS) is 1. The van der Waals surface area contributed by atoms with Crippen molar-refractivity contribution in [2.45, 2.75) is 38.8 Å². The molecular formula is C27H26N6O3S. The molecule has 0 unspecified atom stereocenters. The van der Waals surface area contributed by atoms with Gasteiger partial charge in [-0.1, -0.05) is 53.3 Å². The Hall–Kier alpha value is -4.05. The van der Waals surface area contributed by atoms with E-state index in [1.807, 2.05) is 6.07 Å². The van der Waals surface area contributed by atoms with Crippen LogP contribution in [0.4, 0.5) is 5.13 Å². The lowest BCUT2D eigenvalue weighted by Gasteiger charge is -2.43. The molecule has 4 aromatic rings. The predicted octanol–water partition coefficient (Wildman–Crippen LogP) is 4.36. The molecule has 2 aliphatic rings. The highest BCUT2D eigenvalue weighted by Crippen LogP contribution is 2.44. The van der Waals surface area contributed by atoms with Crippen LogP contribution >= 0.6 is 11.3 Å². The summed E-state index contributed by atoms with van der Waals surface area (Å²) in [5.74, 6) is 0.297. The number of carboxylic acids is 1. The third kappa shape index (κ3) is 4.48. The first-order valence-corrected chi connectivity index (χ1v) is 13.0. The first-order chi connectivity index (χ1) is 17.9. The molecule has 2 aromatic carbocycles. The fourth-order valence-electron chi connectivity index (χ4n) is 5.07. The number of hydrogen-bond donors (Lipinski definition) is 1. The van der Waals surface area contributed by atoms with Gasteiger partial charge >= 0.3 is 5.97 Å². The molecule has 0 aliphatic carbocycles. The molecule has 2 aromatic heterocycles. The van der Waals surface area contributed by atoms with Crippen molar-refractivity contribution in [3.8, 4) is 16.5 Å². The molecule has 6 rings (SSSR count). The van der Waals surface area contributed by atoms with Crippen LogP contribution in [0, 0.1) is 13.8 Å². The predicted molar refractivity (Wildman–Crippen MR) is 141 cm³/mol. The molecule has 10 heteroatoms. The molecule has 2 aliphatic heterocycles. The third-order valence-corrected chi connectivity index (χ3v) is 7.95. The van der Waals surface area contributed by atoms with Crippen LogP contribution in [0.1, 0.15) is 35.1 Å². The Morgan fingerprint density at radius 3 is 2.73 bits per heavy atom. The summed E-state index contributed by atoms with van der Waals surface area (Å²) in [6.45, 7) is 5.56. The summed E-state index contributed by atoms with van der Waals surface area (Å²) in [4.78, 5) is 19.6. The molecule has 0 amide bonds. The van der Waals surface area contributed by atoms with Gasteiger partial charge in [-0.05, 0) is 47.9 Å². The maximum Gasteiger partial charge on any atom is 0.327 e. The number of thiazole rings is 1. The lowest BCUT2D eigenvalue weighted by molar-refractivity contribution is -0.138. The van der Waals surface area contributed by atoms with E-state index in [-0.39, 0.29) is 12.1 Å². The number of aryl methyl sites for hydroxylation is 2. The second-order valence-corrected chi connectivity index (χ2v) is 10.6. The third-order valence-electron chi connectivity index (χ3n) is 6.89. The number of anilines is 1. The van der Waals surface area contributed by atoms with Gasteiger partial charge in [0.05, 0.1) is 11.1 Å². The number of para-hydroxylation sites is 1. The number of rotatable bonds is 5. The van der Waals surface area contributed by atoms with Gasteiger partial charge in [0.2, 0.25) is 5.82 Å². The summed E-state index contributed by atoms with van der Waals surface area (Å²) in [7, 11) is 0. The minimum Gasteiger partial charge on any atom is -0.482 e. The first-order valence-electron chi connectivity index (χ1n) is 12.2. The largest absolute Gasteiger partial charge is 0.482 e. The van der Waals surface area contributed by atoms with Crippen LogP contribution in [0.5, 0.6) is 5.75 Å². The van der Waals surface area contributed by atoms with Crippen molar-refractivity contribution >= 4 is 28.0 Å². The molecule has 37 heavy (non-hydrogen) atoms. The molecule has 1 fully saturated rings. The van der Waals surface area contributed by atoms with E-state index in [1.54, 1.807) is 6.20 Å². The molecule has 0 atom stereocenters. The molecule has 0 saturated carbocycles. The quantitative estimate of drug-likeness (QED) is 0.419. The topological polar surface area (TPSA) is 106 Å². The highest BCUT2D eigenvalue weighted by atomic mass is 32.1. The lowest BCUT2D eigenvalue weighted by atomic mass is 9.82. The van der Waals surface area contributed by atoms with Gasteiger partial charge in [-0.15, -0.1) is 10.2 Å². The first kappa shape index (κ1) is 23.4. The van der Waals surface area contributed by atoms with Crippen molar-refractivity contribution in [3.63, 3.8) is 0 Å². The van der Waals surface area contributed by atoms with Crippen LogP contribution in [0.3, 0.4) is 0 Å². The normalized spacial score (nSPS) is 16.3. The lowest BCUT2D eigenvalue weighted by Crippen LogP contribution is -2.48. The number of fused-ring (bicyclic) bond motifs is 1. The van der Waals surface area contributed by atoms with E-state index in [4.69, 9.17) is 9.84 Å². The van der Waals surface area contributed by atoms with E-state index in [9.17, 15) is 4.79 Å². The number of aliphatic carboxylic acids is 1. The van der Waals surface area contributed by atoms with E-state index in [0.717, 1.165) is 52.0 Å². The molecular weight excluding hydrogens is 488 g/mol. The number of hydrogen-bond acceptors (Lipinski definition) is 8. The Bertz CT molecular complexity index is 1520. The van der Waals surface area contributed by atoms with E-state index in [2.05, 4.69) is 81.6 Å². The highest BCUT2D eigenvalue weighted by Gasteiger charge is 2.39. The Morgan fingerprint density at radius 2 is 1.95 bits per heavy atom. The van der Waals surface area contributed by atoms with Crippen molar-refractivity contribution in [3.05, 3.63) is 77.0 Å². The van der Waals surface area contributed by atoms with Crippen LogP contribution in [0.2, 0.25) is 0 Å². The number of tetrazole rings is 1. The molecule has 0 radical (unpaired) electrons. The van der Waals surface area contributed by atoms with E-state index in [1.165, 1.54) is 33.6 Å². The average molecular weight is 515 g/mol. The van der Waals surface area contributed by atoms with Crippen molar-refractivity contribution in [2.24, 2.45) is 0 Å². The van der Waals surface area contributed by atoms with E-state index >= 15 is 0 Å². The molecule has 1 spiro atoms. The second-order valence-electron chi connectivity index (χ2n) is 9.57. The van der Waals surface area contributed by atoms with Crippen molar-refractivity contribution in [2.75, 3.05) is 18.0 Å². The van der Waals surface area contributed by atoms with Gasteiger partial charge in [0.1, 0.15) is 11.4 Å². The summed E-state index contributed by atoms with van der Waals surface area (Å²) in [5.41, 5.74) is 5.76. The van der Waals surface area contributed by atoms with Gasteiger partial charge in [0, 0.05) is 31.5 Å². The number of nitrogens with zero attached hydrogens (tertiary/aromatic N) is 6. The summed E-state index contributed by atoms with van der Waals surface area (Å²) < 4.78 is 6.67. The van der Waals surface area contributed by atoms with E-state index in [0.29, 0.717) is 5.82 Å². The van der Waals surface area contributed by atoms with Gasteiger partial charge in [-0.25, -0.2) is 4.98 Å². The van der Waals surface area contributed by atoms with Crippen LogP contribution in [-0.4, -0.2) is 55.0 Å². The molecule has 188 valence electrons. The smallest absolute Gasteiger partial charge is 0.327 e. The molecule has 0 bridgehead atoms. The fraction of sp³-hybridized carbons (Fsp3) is 0.296. The van der Waals surface area contributed by atoms with Gasteiger partial charge in [-0.3, -0.25) is 4.79 Å². The molecule has 4 heterocycles. The van der Waals surface area contributed by atoms with Gasteiger partial charge in [-0.2, -0.15) is 4.80 Å². The van der Waals surface area contributed by atoms with Gasteiger partial charge < -0.3 is 14.7 Å². The number of carbonyl (C=O) groups is 1. The van der Waals surface area contributed by atoms with Crippen molar-refractivity contribution < 1.29 is 14.6 Å². The Balaban J connectivity index is 1.24. The second kappa shape index (κ2) is 9.11. The number of benzene rings is 2. The Kier molecular flexibility index (Phi) is 5.75. The average Bonchev–Trinajstić information content (AvgIpc) is 3.54. The molecule has 9 nitrogen and oxygen atoms in total. The fourth-order valence-corrected chi connectivity index (χ4v) is 5.97. The Morgan fingerprint density at radius 1 is 1.14 bits per heavy atom. The van der Waals surface area contributed by atoms with Gasteiger partial charge in [0.25, 0.3) is 0 Å². The zero-order valence-corrected chi connectivity index (χ0v) is 21.4. The summed E-state index contributed by atoms with van der Waals surface area (Å²) in [6.07, 6.45) is 5.72. The van der Waals surface area contributed by atoms with Crippen LogP contribution < -0.4 is 9.64 Å². The summed E-state index contributed by atoms with van der Waals surface area (Å²) >= 11 is 1.48. The SMILES string of the molecule is Cc1ccc(C2=CC3(CCN(c4ncc(-c5nnn(CC(=O)O)n5)s4)CC3)Oc3ccccc32)c(C)c1. The molecule has 1 N–H and O–H groups in total. The number of aromatic nitrogens is 5. The number of ether oxygens (including phenoxy) is 1. The minimum atomic E-state index is -1.02. The van der Waals surface area contributed by atoms with Crippen molar-refractivity contribution in [1.29, 1.82) is 0 Å². The summed E-state index contributed by atoms with van der Waals surface area (Å²) in [5, 5.41) is 21.8. The number of piperidine rings is 1. The zero-order valence-electron chi connectivity index (χ0n) is 20.6. The Labute approximate surface area is 218 Å². The minimum absolute atomic E-state index is 0.326. The van der Waals surface area contributed by atoms with Crippen molar-refractivity contribution in [1.82, 2.24) is 25.2 Å². The monoisotopic (exact) mass is 514 g/mol. The zero-order chi connectivity index (χ0) is 25.6. The maximum absolute atomic E-state index is 10.9.